The van der Waals surface area contributed by atoms with Crippen LogP contribution < -0.4 is 5.32 Å². The lowest BCUT2D eigenvalue weighted by atomic mass is 9.83. The van der Waals surface area contributed by atoms with Crippen LogP contribution in [0.15, 0.2) is 55.1 Å². The second kappa shape index (κ2) is 6.50. The van der Waals surface area contributed by atoms with Crippen molar-refractivity contribution in [3.05, 3.63) is 60.7 Å². The van der Waals surface area contributed by atoms with Crippen molar-refractivity contribution in [2.75, 3.05) is 5.32 Å². The zero-order chi connectivity index (χ0) is 19.0. The molecule has 0 aliphatic carbocycles. The fourth-order valence-corrected chi connectivity index (χ4v) is 3.21. The fourth-order valence-electron chi connectivity index (χ4n) is 3.21. The van der Waals surface area contributed by atoms with E-state index in [1.54, 1.807) is 4.52 Å². The zero-order valence-electron chi connectivity index (χ0n) is 16.0. The third-order valence-corrected chi connectivity index (χ3v) is 4.54. The number of aryl methyl sites for hydroxylation is 1. The lowest BCUT2D eigenvalue weighted by Gasteiger charge is -2.31. The smallest absolute Gasteiger partial charge is 0.254 e. The van der Waals surface area contributed by atoms with Gasteiger partial charge in [-0.1, -0.05) is 51.1 Å². The van der Waals surface area contributed by atoms with Crippen LogP contribution in [0.4, 0.5) is 5.82 Å². The minimum absolute atomic E-state index is 0.0356. The molecule has 0 saturated heterocycles. The van der Waals surface area contributed by atoms with E-state index in [1.165, 1.54) is 6.33 Å². The summed E-state index contributed by atoms with van der Waals surface area (Å²) in [5, 5.41) is 12.3. The van der Waals surface area contributed by atoms with Gasteiger partial charge < -0.3 is 5.32 Å². The number of aromatic nitrogens is 6. The Morgan fingerprint density at radius 3 is 2.52 bits per heavy atom. The van der Waals surface area contributed by atoms with Crippen molar-refractivity contribution in [1.82, 2.24) is 29.4 Å². The molecule has 27 heavy (non-hydrogen) atoms. The molecular formula is C20H23N7. The van der Waals surface area contributed by atoms with Crippen LogP contribution in [0.5, 0.6) is 0 Å². The van der Waals surface area contributed by atoms with Crippen molar-refractivity contribution in [2.45, 2.75) is 26.8 Å². The number of hydrogen-bond acceptors (Lipinski definition) is 5. The SMILES string of the molecule is Cn1cc([C@@H](Nc2cc(-c3ccccc3)nc3ncnn23)C(C)(C)C)cn1. The molecule has 0 bridgehead atoms. The lowest BCUT2D eigenvalue weighted by molar-refractivity contribution is 0.346. The van der Waals surface area contributed by atoms with Gasteiger partial charge in [0.1, 0.15) is 12.1 Å². The Labute approximate surface area is 158 Å². The Morgan fingerprint density at radius 2 is 1.85 bits per heavy atom. The molecule has 0 aliphatic heterocycles. The maximum absolute atomic E-state index is 4.65. The Kier molecular flexibility index (Phi) is 4.14. The van der Waals surface area contributed by atoms with Gasteiger partial charge in [0.15, 0.2) is 0 Å². The molecule has 0 amide bonds. The molecule has 1 atom stereocenters. The summed E-state index contributed by atoms with van der Waals surface area (Å²) in [4.78, 5) is 8.94. The molecule has 0 fully saturated rings. The summed E-state index contributed by atoms with van der Waals surface area (Å²) in [6, 6.07) is 12.2. The van der Waals surface area contributed by atoms with Crippen LogP contribution in [0.3, 0.4) is 0 Å². The highest BCUT2D eigenvalue weighted by molar-refractivity contribution is 5.65. The fraction of sp³-hybridized carbons (Fsp3) is 0.300. The maximum atomic E-state index is 4.65. The lowest BCUT2D eigenvalue weighted by Crippen LogP contribution is -2.26. The second-order valence-electron chi connectivity index (χ2n) is 7.76. The van der Waals surface area contributed by atoms with E-state index in [0.717, 1.165) is 22.6 Å². The van der Waals surface area contributed by atoms with Gasteiger partial charge in [-0.3, -0.25) is 4.68 Å². The Morgan fingerprint density at radius 1 is 1.07 bits per heavy atom. The van der Waals surface area contributed by atoms with Crippen molar-refractivity contribution in [1.29, 1.82) is 0 Å². The average molecular weight is 361 g/mol. The summed E-state index contributed by atoms with van der Waals surface area (Å²) in [5.74, 6) is 1.41. The number of hydrogen-bond donors (Lipinski definition) is 1. The zero-order valence-corrected chi connectivity index (χ0v) is 16.0. The molecule has 1 N–H and O–H groups in total. The first-order valence-corrected chi connectivity index (χ1v) is 8.93. The third-order valence-electron chi connectivity index (χ3n) is 4.54. The third kappa shape index (κ3) is 3.40. The predicted octanol–water partition coefficient (Wildman–Crippen LogP) is 3.72. The number of nitrogens with zero attached hydrogens (tertiary/aromatic N) is 6. The first-order chi connectivity index (χ1) is 12.9. The van der Waals surface area contributed by atoms with Gasteiger partial charge in [0, 0.05) is 30.4 Å². The molecule has 0 aliphatic rings. The van der Waals surface area contributed by atoms with E-state index in [4.69, 9.17) is 0 Å². The minimum atomic E-state index is -0.0356. The normalized spacial score (nSPS) is 13.0. The molecule has 7 heteroatoms. The van der Waals surface area contributed by atoms with Gasteiger partial charge in [0.2, 0.25) is 0 Å². The van der Waals surface area contributed by atoms with Gasteiger partial charge in [0.25, 0.3) is 5.78 Å². The van der Waals surface area contributed by atoms with Crippen molar-refractivity contribution in [2.24, 2.45) is 12.5 Å². The van der Waals surface area contributed by atoms with E-state index in [1.807, 2.05) is 60.5 Å². The van der Waals surface area contributed by atoms with Crippen molar-refractivity contribution >= 4 is 11.6 Å². The first-order valence-electron chi connectivity index (χ1n) is 8.93. The second-order valence-corrected chi connectivity index (χ2v) is 7.76. The summed E-state index contributed by atoms with van der Waals surface area (Å²) in [5.41, 5.74) is 2.99. The summed E-state index contributed by atoms with van der Waals surface area (Å²) in [7, 11) is 1.93. The van der Waals surface area contributed by atoms with Crippen LogP contribution in [-0.2, 0) is 7.05 Å². The van der Waals surface area contributed by atoms with Crippen molar-refractivity contribution < 1.29 is 0 Å². The number of benzene rings is 1. The molecule has 1 aromatic carbocycles. The standard InChI is InChI=1S/C20H23N7/c1-20(2,3)18(15-11-22-26(4)12-15)25-17-10-16(14-8-6-5-7-9-14)24-19-21-13-23-27(17)19/h5-13,18,25H,1-4H3/t18-/m1/s1. The Bertz CT molecular complexity index is 1060. The minimum Gasteiger partial charge on any atom is -0.362 e. The topological polar surface area (TPSA) is 72.9 Å². The van der Waals surface area contributed by atoms with E-state index in [0.29, 0.717) is 5.78 Å². The molecule has 0 saturated carbocycles. The van der Waals surface area contributed by atoms with E-state index in [-0.39, 0.29) is 11.5 Å². The highest BCUT2D eigenvalue weighted by Gasteiger charge is 2.28. The van der Waals surface area contributed by atoms with Crippen LogP contribution in [0, 0.1) is 5.41 Å². The molecule has 4 aromatic rings. The maximum Gasteiger partial charge on any atom is 0.254 e. The van der Waals surface area contributed by atoms with Crippen LogP contribution >= 0.6 is 0 Å². The molecular weight excluding hydrogens is 338 g/mol. The predicted molar refractivity (Wildman–Crippen MR) is 105 cm³/mol. The molecule has 0 spiro atoms. The van der Waals surface area contributed by atoms with Gasteiger partial charge in [-0.25, -0.2) is 4.98 Å². The largest absolute Gasteiger partial charge is 0.362 e. The van der Waals surface area contributed by atoms with Gasteiger partial charge in [0.05, 0.1) is 17.9 Å². The van der Waals surface area contributed by atoms with Crippen LogP contribution in [0.25, 0.3) is 17.0 Å². The molecule has 4 rings (SSSR count). The van der Waals surface area contributed by atoms with Crippen LogP contribution in [0.2, 0.25) is 0 Å². The summed E-state index contributed by atoms with van der Waals surface area (Å²) >= 11 is 0. The molecule has 3 heterocycles. The van der Waals surface area contributed by atoms with E-state index >= 15 is 0 Å². The number of nitrogens with one attached hydrogen (secondary N) is 1. The molecule has 3 aromatic heterocycles. The van der Waals surface area contributed by atoms with Gasteiger partial charge in [-0.2, -0.15) is 19.7 Å². The summed E-state index contributed by atoms with van der Waals surface area (Å²) < 4.78 is 3.56. The quantitative estimate of drug-likeness (QED) is 0.600. The Hall–Kier alpha value is -3.22. The van der Waals surface area contributed by atoms with Crippen LogP contribution in [0.1, 0.15) is 32.4 Å². The van der Waals surface area contributed by atoms with Gasteiger partial charge >= 0.3 is 0 Å². The molecule has 0 unspecified atom stereocenters. The number of anilines is 1. The highest BCUT2D eigenvalue weighted by Crippen LogP contribution is 2.36. The van der Waals surface area contributed by atoms with E-state index in [9.17, 15) is 0 Å². The first kappa shape index (κ1) is 17.2. The molecule has 7 nitrogen and oxygen atoms in total. The summed E-state index contributed by atoms with van der Waals surface area (Å²) in [6.07, 6.45) is 5.47. The highest BCUT2D eigenvalue weighted by atomic mass is 15.4. The van der Waals surface area contributed by atoms with Crippen molar-refractivity contribution in [3.63, 3.8) is 0 Å². The van der Waals surface area contributed by atoms with E-state index < -0.39 is 0 Å². The van der Waals surface area contributed by atoms with E-state index in [2.05, 4.69) is 46.3 Å². The molecule has 138 valence electrons. The van der Waals surface area contributed by atoms with Gasteiger partial charge in [-0.15, -0.1) is 0 Å². The number of rotatable bonds is 4. The number of fused-ring (bicyclic) bond motifs is 1. The van der Waals surface area contributed by atoms with Crippen molar-refractivity contribution in [3.8, 4) is 11.3 Å². The molecule has 0 radical (unpaired) electrons. The summed E-state index contributed by atoms with van der Waals surface area (Å²) in [6.45, 7) is 6.61. The monoisotopic (exact) mass is 361 g/mol. The van der Waals surface area contributed by atoms with Gasteiger partial charge in [-0.05, 0) is 5.41 Å². The average Bonchev–Trinajstić information content (AvgIpc) is 3.28. The Balaban J connectivity index is 1.81. The van der Waals surface area contributed by atoms with Crippen LogP contribution in [-0.4, -0.2) is 29.4 Å².